The summed E-state index contributed by atoms with van der Waals surface area (Å²) >= 11 is 1.94. The predicted octanol–water partition coefficient (Wildman–Crippen LogP) is 2.57. The largest absolute Gasteiger partial charge is 0.477 e. The molecule has 4 aliphatic rings. The maximum absolute atomic E-state index is 6.21. The van der Waals surface area contributed by atoms with Crippen LogP contribution in [0.4, 0.5) is 0 Å². The number of allylic oxidation sites excluding steroid dienone is 1. The van der Waals surface area contributed by atoms with Gasteiger partial charge in [0.2, 0.25) is 0 Å². The Hall–Kier alpha value is -0.810. The third kappa shape index (κ3) is 2.11. The highest BCUT2D eigenvalue weighted by atomic mass is 32.2. The molecule has 1 N–H and O–H groups in total. The van der Waals surface area contributed by atoms with Gasteiger partial charge < -0.3 is 10.1 Å². The van der Waals surface area contributed by atoms with Crippen LogP contribution in [0.3, 0.4) is 0 Å². The molecule has 2 aliphatic heterocycles. The van der Waals surface area contributed by atoms with Gasteiger partial charge in [-0.05, 0) is 62.1 Å². The third-order valence-corrected chi connectivity index (χ3v) is 6.16. The monoisotopic (exact) mass is 291 g/mol. The summed E-state index contributed by atoms with van der Waals surface area (Å²) in [4.78, 5) is 10.6. The first-order valence-corrected chi connectivity index (χ1v) is 8.52. The van der Waals surface area contributed by atoms with Gasteiger partial charge in [0.15, 0.2) is 5.90 Å². The van der Waals surface area contributed by atoms with Gasteiger partial charge in [-0.1, -0.05) is 0 Å². The second-order valence-corrected chi connectivity index (χ2v) is 7.37. The minimum atomic E-state index is 0.306. The Morgan fingerprint density at radius 2 is 2.30 bits per heavy atom. The van der Waals surface area contributed by atoms with E-state index in [-0.39, 0.29) is 0 Å². The standard InChI is InChI=1S/C15H21N3OS/c1-16-7-9-5-10(6-9)19-14-13-11-3-2-4-12(11)20-15(13)18-8-17-14/h8-10,13,15-16H,2-7H2,1H3. The number of thioether (sulfide) groups is 1. The van der Waals surface area contributed by atoms with Crippen molar-refractivity contribution in [2.24, 2.45) is 21.8 Å². The molecule has 0 radical (unpaired) electrons. The van der Waals surface area contributed by atoms with Gasteiger partial charge in [0, 0.05) is 0 Å². The van der Waals surface area contributed by atoms with Gasteiger partial charge in [0.1, 0.15) is 17.8 Å². The molecule has 2 atom stereocenters. The molecule has 1 saturated carbocycles. The fraction of sp³-hybridized carbons (Fsp3) is 0.733. The van der Waals surface area contributed by atoms with Crippen molar-refractivity contribution in [3.05, 3.63) is 10.5 Å². The molecular weight excluding hydrogens is 270 g/mol. The normalized spacial score (nSPS) is 38.4. The van der Waals surface area contributed by atoms with Crippen molar-refractivity contribution >= 4 is 24.0 Å². The molecule has 0 amide bonds. The SMILES string of the molecule is CNCC1CC(OC2=NC=NC3SC4=C(CCC4)C23)C1. The molecule has 4 nitrogen and oxygen atoms in total. The van der Waals surface area contributed by atoms with Gasteiger partial charge in [0.05, 0.1) is 5.92 Å². The van der Waals surface area contributed by atoms with Crippen molar-refractivity contribution in [3.8, 4) is 0 Å². The van der Waals surface area contributed by atoms with Crippen LogP contribution in [0, 0.1) is 11.8 Å². The number of fused-ring (bicyclic) bond motifs is 2. The summed E-state index contributed by atoms with van der Waals surface area (Å²) in [6, 6.07) is 0. The highest BCUT2D eigenvalue weighted by Crippen LogP contribution is 2.52. The number of nitrogens with one attached hydrogen (secondary N) is 1. The van der Waals surface area contributed by atoms with E-state index in [1.54, 1.807) is 16.8 Å². The minimum Gasteiger partial charge on any atom is -0.477 e. The number of nitrogens with zero attached hydrogens (tertiary/aromatic N) is 2. The van der Waals surface area contributed by atoms with Crippen LogP contribution >= 0.6 is 11.8 Å². The van der Waals surface area contributed by atoms with E-state index in [0.717, 1.165) is 31.2 Å². The Bertz CT molecular complexity index is 493. The molecule has 0 saturated heterocycles. The van der Waals surface area contributed by atoms with Crippen molar-refractivity contribution < 1.29 is 4.74 Å². The zero-order valence-electron chi connectivity index (χ0n) is 11.8. The summed E-state index contributed by atoms with van der Waals surface area (Å²) in [5.41, 5.74) is 1.57. The Morgan fingerprint density at radius 3 is 3.15 bits per heavy atom. The Labute approximate surface area is 124 Å². The summed E-state index contributed by atoms with van der Waals surface area (Å²) in [6.45, 7) is 1.10. The van der Waals surface area contributed by atoms with E-state index in [0.29, 0.717) is 17.4 Å². The van der Waals surface area contributed by atoms with Crippen LogP contribution in [-0.2, 0) is 4.74 Å². The lowest BCUT2D eigenvalue weighted by Crippen LogP contribution is -2.40. The smallest absolute Gasteiger partial charge is 0.200 e. The van der Waals surface area contributed by atoms with Gasteiger partial charge in [-0.25, -0.2) is 4.99 Å². The highest BCUT2D eigenvalue weighted by molar-refractivity contribution is 8.04. The molecule has 2 unspecified atom stereocenters. The summed E-state index contributed by atoms with van der Waals surface area (Å²) in [7, 11) is 2.02. The van der Waals surface area contributed by atoms with Gasteiger partial charge in [-0.15, -0.1) is 11.8 Å². The average molecular weight is 291 g/mol. The molecule has 0 aromatic heterocycles. The zero-order valence-corrected chi connectivity index (χ0v) is 12.7. The van der Waals surface area contributed by atoms with Crippen molar-refractivity contribution in [1.82, 2.24) is 5.32 Å². The van der Waals surface area contributed by atoms with E-state index in [2.05, 4.69) is 15.3 Å². The molecule has 5 heteroatoms. The summed E-state index contributed by atoms with van der Waals surface area (Å²) in [6.07, 6.45) is 8.15. The number of hydrogen-bond donors (Lipinski definition) is 1. The Kier molecular flexibility index (Phi) is 3.34. The first-order chi connectivity index (χ1) is 9.85. The maximum atomic E-state index is 6.21. The number of hydrogen-bond acceptors (Lipinski definition) is 5. The molecule has 0 bridgehead atoms. The van der Waals surface area contributed by atoms with Crippen LogP contribution in [0.2, 0.25) is 0 Å². The molecule has 4 rings (SSSR count). The summed E-state index contributed by atoms with van der Waals surface area (Å²) < 4.78 is 6.21. The molecule has 1 fully saturated rings. The van der Waals surface area contributed by atoms with Crippen LogP contribution in [0.5, 0.6) is 0 Å². The fourth-order valence-corrected chi connectivity index (χ4v) is 5.18. The van der Waals surface area contributed by atoms with Crippen LogP contribution < -0.4 is 5.32 Å². The molecular formula is C15H21N3OS. The molecule has 2 aliphatic carbocycles. The fourth-order valence-electron chi connectivity index (χ4n) is 3.71. The molecule has 0 aromatic carbocycles. The lowest BCUT2D eigenvalue weighted by molar-refractivity contribution is 0.0500. The van der Waals surface area contributed by atoms with Gasteiger partial charge in [0.25, 0.3) is 0 Å². The minimum absolute atomic E-state index is 0.306. The van der Waals surface area contributed by atoms with Gasteiger partial charge >= 0.3 is 0 Å². The van der Waals surface area contributed by atoms with Crippen molar-refractivity contribution in [1.29, 1.82) is 0 Å². The molecule has 108 valence electrons. The van der Waals surface area contributed by atoms with E-state index < -0.39 is 0 Å². The van der Waals surface area contributed by atoms with Crippen molar-refractivity contribution in [2.45, 2.75) is 43.6 Å². The van der Waals surface area contributed by atoms with E-state index in [9.17, 15) is 0 Å². The van der Waals surface area contributed by atoms with Crippen LogP contribution in [-0.4, -0.2) is 37.3 Å². The number of rotatable bonds is 3. The Balaban J connectivity index is 1.43. The quantitative estimate of drug-likeness (QED) is 0.869. The zero-order chi connectivity index (χ0) is 13.5. The van der Waals surface area contributed by atoms with Crippen molar-refractivity contribution in [3.63, 3.8) is 0 Å². The molecule has 20 heavy (non-hydrogen) atoms. The van der Waals surface area contributed by atoms with Crippen molar-refractivity contribution in [2.75, 3.05) is 13.6 Å². The first-order valence-electron chi connectivity index (χ1n) is 7.64. The average Bonchev–Trinajstić information content (AvgIpc) is 2.96. The second kappa shape index (κ2) is 5.19. The van der Waals surface area contributed by atoms with E-state index in [4.69, 9.17) is 4.74 Å². The maximum Gasteiger partial charge on any atom is 0.200 e. The summed E-state index contributed by atoms with van der Waals surface area (Å²) in [5, 5.41) is 3.55. The first kappa shape index (κ1) is 12.9. The van der Waals surface area contributed by atoms with E-state index >= 15 is 0 Å². The predicted molar refractivity (Wildman–Crippen MR) is 83.2 cm³/mol. The summed E-state index contributed by atoms with van der Waals surface area (Å²) in [5.74, 6) is 2.06. The van der Waals surface area contributed by atoms with Crippen LogP contribution in [0.25, 0.3) is 0 Å². The van der Waals surface area contributed by atoms with Crippen LogP contribution in [0.1, 0.15) is 32.1 Å². The lowest BCUT2D eigenvalue weighted by atomic mass is 9.82. The second-order valence-electron chi connectivity index (χ2n) is 6.15. The number of aliphatic imine (C=N–C) groups is 2. The van der Waals surface area contributed by atoms with E-state index in [1.165, 1.54) is 19.3 Å². The van der Waals surface area contributed by atoms with E-state index in [1.807, 2.05) is 18.8 Å². The molecule has 2 heterocycles. The molecule has 0 aromatic rings. The third-order valence-electron chi connectivity index (χ3n) is 4.77. The lowest BCUT2D eigenvalue weighted by Gasteiger charge is -2.37. The molecule has 0 spiro atoms. The van der Waals surface area contributed by atoms with Gasteiger partial charge in [-0.3, -0.25) is 4.99 Å². The highest BCUT2D eigenvalue weighted by Gasteiger charge is 2.44. The number of ether oxygens (including phenoxy) is 1. The topological polar surface area (TPSA) is 46.0 Å². The van der Waals surface area contributed by atoms with Crippen LogP contribution in [0.15, 0.2) is 20.5 Å². The Morgan fingerprint density at radius 1 is 1.40 bits per heavy atom. The van der Waals surface area contributed by atoms with Gasteiger partial charge in [-0.2, -0.15) is 0 Å².